The zero-order valence-corrected chi connectivity index (χ0v) is 11.5. The molecule has 1 aromatic carbocycles. The number of rotatable bonds is 2. The van der Waals surface area contributed by atoms with Crippen LogP contribution in [0.25, 0.3) is 5.69 Å². The summed E-state index contributed by atoms with van der Waals surface area (Å²) in [5.74, 6) is -1.66. The van der Waals surface area contributed by atoms with Crippen LogP contribution < -0.4 is 5.56 Å². The monoisotopic (exact) mass is 323 g/mol. The summed E-state index contributed by atoms with van der Waals surface area (Å²) in [7, 11) is 0. The highest BCUT2D eigenvalue weighted by molar-refractivity contribution is 9.10. The number of carboxylic acid groups (broad SMARTS) is 1. The maximum Gasteiger partial charge on any atom is 0.353 e. The van der Waals surface area contributed by atoms with Crippen LogP contribution in [0, 0.1) is 6.92 Å². The molecule has 0 aliphatic heterocycles. The molecule has 19 heavy (non-hydrogen) atoms. The first-order valence-corrected chi connectivity index (χ1v) is 6.15. The van der Waals surface area contributed by atoms with Crippen molar-refractivity contribution in [1.29, 1.82) is 0 Å². The lowest BCUT2D eigenvalue weighted by Crippen LogP contribution is -2.23. The summed E-state index contributed by atoms with van der Waals surface area (Å²) in [5.41, 5.74) is 0.487. The third kappa shape index (κ3) is 2.53. The van der Waals surface area contributed by atoms with Gasteiger partial charge in [0.05, 0.1) is 5.69 Å². The molecule has 0 atom stereocenters. The Morgan fingerprint density at radius 3 is 2.53 bits per heavy atom. The Labute approximate surface area is 116 Å². The molecule has 2 aromatic rings. The minimum Gasteiger partial charge on any atom is -0.508 e. The number of halogens is 1. The summed E-state index contributed by atoms with van der Waals surface area (Å²) in [6.07, 6.45) is 0. The van der Waals surface area contributed by atoms with E-state index in [4.69, 9.17) is 5.11 Å². The maximum atomic E-state index is 11.9. The molecule has 5 nitrogen and oxygen atoms in total. The van der Waals surface area contributed by atoms with Gasteiger partial charge in [-0.15, -0.1) is 0 Å². The van der Waals surface area contributed by atoms with Crippen molar-refractivity contribution in [3.8, 4) is 11.4 Å². The molecule has 2 N–H and O–H groups in total. The molecular weight excluding hydrogens is 314 g/mol. The van der Waals surface area contributed by atoms with E-state index in [0.717, 1.165) is 26.7 Å². The SMILES string of the molecule is Cc1ccc(-n2c(C(=O)O)cc(O)cc2=O)cc1Br. The third-order valence-corrected chi connectivity index (χ3v) is 3.50. The molecule has 0 fully saturated rings. The van der Waals surface area contributed by atoms with Crippen molar-refractivity contribution in [2.45, 2.75) is 6.92 Å². The van der Waals surface area contributed by atoms with Gasteiger partial charge in [0.15, 0.2) is 0 Å². The Balaban J connectivity index is 2.77. The van der Waals surface area contributed by atoms with Crippen LogP contribution in [0.4, 0.5) is 0 Å². The van der Waals surface area contributed by atoms with Gasteiger partial charge >= 0.3 is 5.97 Å². The molecule has 0 unspecified atom stereocenters. The fraction of sp³-hybridized carbons (Fsp3) is 0.0769. The van der Waals surface area contributed by atoms with Crippen LogP contribution in [0.15, 0.2) is 39.6 Å². The number of aromatic carboxylic acids is 1. The lowest BCUT2D eigenvalue weighted by molar-refractivity contribution is 0.0686. The maximum absolute atomic E-state index is 11.9. The molecule has 1 heterocycles. The summed E-state index contributed by atoms with van der Waals surface area (Å²) >= 11 is 3.33. The Morgan fingerprint density at radius 1 is 1.26 bits per heavy atom. The van der Waals surface area contributed by atoms with Gasteiger partial charge in [0.2, 0.25) is 0 Å². The molecule has 6 heteroatoms. The van der Waals surface area contributed by atoms with E-state index < -0.39 is 11.5 Å². The van der Waals surface area contributed by atoms with Crippen LogP contribution >= 0.6 is 15.9 Å². The minimum absolute atomic E-state index is 0.291. The molecule has 0 amide bonds. The number of hydrogen-bond donors (Lipinski definition) is 2. The van der Waals surface area contributed by atoms with Gasteiger partial charge in [0, 0.05) is 16.6 Å². The van der Waals surface area contributed by atoms with Crippen LogP contribution in [0.5, 0.6) is 5.75 Å². The summed E-state index contributed by atoms with van der Waals surface area (Å²) in [4.78, 5) is 23.1. The predicted octanol–water partition coefficient (Wildman–Crippen LogP) is 2.31. The van der Waals surface area contributed by atoms with E-state index in [1.54, 1.807) is 18.2 Å². The number of aromatic nitrogens is 1. The van der Waals surface area contributed by atoms with Crippen molar-refractivity contribution in [3.63, 3.8) is 0 Å². The average molecular weight is 324 g/mol. The summed E-state index contributed by atoms with van der Waals surface area (Å²) in [5, 5.41) is 18.4. The fourth-order valence-electron chi connectivity index (χ4n) is 1.70. The zero-order chi connectivity index (χ0) is 14.2. The van der Waals surface area contributed by atoms with E-state index in [2.05, 4.69) is 15.9 Å². The van der Waals surface area contributed by atoms with Crippen molar-refractivity contribution in [3.05, 3.63) is 56.4 Å². The Hall–Kier alpha value is -2.08. The highest BCUT2D eigenvalue weighted by Crippen LogP contribution is 2.21. The largest absolute Gasteiger partial charge is 0.508 e. The second-order valence-electron chi connectivity index (χ2n) is 4.01. The van der Waals surface area contributed by atoms with Gasteiger partial charge in [0.1, 0.15) is 11.4 Å². The number of carbonyl (C=O) groups is 1. The van der Waals surface area contributed by atoms with Gasteiger partial charge < -0.3 is 10.2 Å². The zero-order valence-electron chi connectivity index (χ0n) is 9.92. The highest BCUT2D eigenvalue weighted by Gasteiger charge is 2.15. The molecule has 0 saturated carbocycles. The number of pyridine rings is 1. The lowest BCUT2D eigenvalue weighted by atomic mass is 10.2. The number of aryl methyl sites for hydroxylation is 1. The first kappa shape index (κ1) is 13.4. The van der Waals surface area contributed by atoms with E-state index in [1.165, 1.54) is 0 Å². The Kier molecular flexibility index (Phi) is 3.44. The van der Waals surface area contributed by atoms with Crippen LogP contribution in [-0.2, 0) is 0 Å². The summed E-state index contributed by atoms with van der Waals surface area (Å²) in [6, 6.07) is 7.08. The van der Waals surface area contributed by atoms with Gasteiger partial charge in [-0.3, -0.25) is 9.36 Å². The summed E-state index contributed by atoms with van der Waals surface area (Å²) < 4.78 is 1.80. The first-order chi connectivity index (χ1) is 8.90. The van der Waals surface area contributed by atoms with Gasteiger partial charge in [-0.25, -0.2) is 4.79 Å². The smallest absolute Gasteiger partial charge is 0.353 e. The predicted molar refractivity (Wildman–Crippen MR) is 73.1 cm³/mol. The fourth-order valence-corrected chi connectivity index (χ4v) is 2.07. The van der Waals surface area contributed by atoms with Crippen molar-refractivity contribution >= 4 is 21.9 Å². The molecule has 98 valence electrons. The van der Waals surface area contributed by atoms with Gasteiger partial charge in [-0.2, -0.15) is 0 Å². The van der Waals surface area contributed by atoms with Crippen molar-refractivity contribution < 1.29 is 15.0 Å². The van der Waals surface area contributed by atoms with E-state index >= 15 is 0 Å². The number of hydrogen-bond acceptors (Lipinski definition) is 3. The Morgan fingerprint density at radius 2 is 1.95 bits per heavy atom. The van der Waals surface area contributed by atoms with E-state index in [0.29, 0.717) is 5.69 Å². The summed E-state index contributed by atoms with van der Waals surface area (Å²) in [6.45, 7) is 1.88. The molecule has 0 aliphatic rings. The molecule has 0 spiro atoms. The molecular formula is C13H10BrNO4. The topological polar surface area (TPSA) is 79.5 Å². The molecule has 0 radical (unpaired) electrons. The number of carboxylic acids is 1. The van der Waals surface area contributed by atoms with E-state index in [-0.39, 0.29) is 11.4 Å². The van der Waals surface area contributed by atoms with Crippen molar-refractivity contribution in [2.75, 3.05) is 0 Å². The van der Waals surface area contributed by atoms with Gasteiger partial charge in [-0.05, 0) is 24.6 Å². The first-order valence-electron chi connectivity index (χ1n) is 5.36. The molecule has 0 aliphatic carbocycles. The van der Waals surface area contributed by atoms with E-state index in [9.17, 15) is 14.7 Å². The third-order valence-electron chi connectivity index (χ3n) is 2.65. The number of benzene rings is 1. The second kappa shape index (κ2) is 4.89. The molecule has 2 rings (SSSR count). The van der Waals surface area contributed by atoms with Crippen molar-refractivity contribution in [2.24, 2.45) is 0 Å². The van der Waals surface area contributed by atoms with Crippen LogP contribution in [0.1, 0.15) is 16.1 Å². The Bertz CT molecular complexity index is 721. The highest BCUT2D eigenvalue weighted by atomic mass is 79.9. The van der Waals surface area contributed by atoms with E-state index in [1.807, 2.05) is 6.92 Å². The van der Waals surface area contributed by atoms with Gasteiger partial charge in [0.25, 0.3) is 5.56 Å². The molecule has 1 aromatic heterocycles. The van der Waals surface area contributed by atoms with Crippen LogP contribution in [0.3, 0.4) is 0 Å². The van der Waals surface area contributed by atoms with Gasteiger partial charge in [-0.1, -0.05) is 22.0 Å². The standard InChI is InChI=1S/C13H10BrNO4/c1-7-2-3-8(4-10(7)14)15-11(13(18)19)5-9(16)6-12(15)17/h2-6,16H,1H3,(H,18,19). The average Bonchev–Trinajstić information content (AvgIpc) is 2.32. The lowest BCUT2D eigenvalue weighted by Gasteiger charge is -2.11. The second-order valence-corrected chi connectivity index (χ2v) is 4.87. The number of nitrogens with zero attached hydrogens (tertiary/aromatic N) is 1. The minimum atomic E-state index is -1.29. The van der Waals surface area contributed by atoms with Crippen LogP contribution in [0.2, 0.25) is 0 Å². The number of aromatic hydroxyl groups is 1. The quantitative estimate of drug-likeness (QED) is 0.888. The molecule has 0 bridgehead atoms. The van der Waals surface area contributed by atoms with Crippen LogP contribution in [-0.4, -0.2) is 20.7 Å². The normalized spacial score (nSPS) is 10.4. The molecule has 0 saturated heterocycles. The van der Waals surface area contributed by atoms with Crippen molar-refractivity contribution in [1.82, 2.24) is 4.57 Å².